The quantitative estimate of drug-likeness (QED) is 0.448. The summed E-state index contributed by atoms with van der Waals surface area (Å²) < 4.78 is 0. The van der Waals surface area contributed by atoms with Crippen molar-refractivity contribution in [1.82, 2.24) is 10.2 Å². The van der Waals surface area contributed by atoms with Crippen LogP contribution in [0.25, 0.3) is 22.5 Å². The van der Waals surface area contributed by atoms with Crippen LogP contribution in [0, 0.1) is 0 Å². The molecule has 22 heavy (non-hydrogen) atoms. The second kappa shape index (κ2) is 5.98. The Morgan fingerprint density at radius 1 is 0.682 bits per heavy atom. The Labute approximate surface area is 136 Å². The summed E-state index contributed by atoms with van der Waals surface area (Å²) in [7, 11) is 0. The summed E-state index contributed by atoms with van der Waals surface area (Å²) in [4.78, 5) is 0. The van der Waals surface area contributed by atoms with E-state index in [1.165, 1.54) is 24.3 Å². The van der Waals surface area contributed by atoms with Gasteiger partial charge in [0.2, 0.25) is 0 Å². The number of hydrogen-bond acceptors (Lipinski definition) is 5. The van der Waals surface area contributed by atoms with Gasteiger partial charge in [0, 0.05) is 11.1 Å². The van der Waals surface area contributed by atoms with E-state index < -0.39 is 0 Å². The minimum atomic E-state index is -0.223. The topological polar surface area (TPSA) is 110 Å². The highest BCUT2D eigenvalue weighted by Gasteiger charge is 2.09. The molecular weight excluding hydrogens is 352 g/mol. The molecule has 7 heteroatoms. The second-order valence-electron chi connectivity index (χ2n) is 4.57. The fourth-order valence-corrected chi connectivity index (χ4v) is 1.99. The largest absolute Gasteiger partial charge is 0.504 e. The van der Waals surface area contributed by atoms with Gasteiger partial charge in [0.15, 0.2) is 23.0 Å². The maximum Gasteiger partial charge on any atom is 0.158 e. The molecule has 0 amide bonds. The predicted molar refractivity (Wildman–Crippen MR) is 86.4 cm³/mol. The molecule has 3 rings (SSSR count). The third-order valence-electron chi connectivity index (χ3n) is 3.14. The molecule has 0 saturated heterocycles. The number of aromatic nitrogens is 2. The Balaban J connectivity index is 0.00000176. The average Bonchev–Trinajstić information content (AvgIpc) is 2.94. The van der Waals surface area contributed by atoms with Crippen molar-refractivity contribution >= 4 is 17.0 Å². The Bertz CT molecular complexity index is 751. The van der Waals surface area contributed by atoms with Gasteiger partial charge in [-0.25, -0.2) is 0 Å². The Kier molecular flexibility index (Phi) is 4.27. The summed E-state index contributed by atoms with van der Waals surface area (Å²) in [6.07, 6.45) is 0. The molecule has 114 valence electrons. The molecule has 0 unspecified atom stereocenters. The van der Waals surface area contributed by atoms with Gasteiger partial charge in [-0.3, -0.25) is 5.10 Å². The normalized spacial score (nSPS) is 10.2. The van der Waals surface area contributed by atoms with Crippen LogP contribution in [-0.2, 0) is 0 Å². The highest BCUT2D eigenvalue weighted by Crippen LogP contribution is 2.33. The summed E-state index contributed by atoms with van der Waals surface area (Å²) in [5.41, 5.74) is 2.52. The minimum absolute atomic E-state index is 0. The van der Waals surface area contributed by atoms with Crippen LogP contribution in [-0.4, -0.2) is 30.6 Å². The van der Waals surface area contributed by atoms with E-state index in [4.69, 9.17) is 0 Å². The van der Waals surface area contributed by atoms with E-state index in [-0.39, 0.29) is 40.0 Å². The standard InChI is InChI=1S/C15H12N2O4.BrH/c18-12-3-1-8(5-14(12)20)10-7-11(17-16-10)9-2-4-13(19)15(21)6-9;/h1-7,18-21H,(H,16,17);1H. The van der Waals surface area contributed by atoms with Crippen LogP contribution in [0.1, 0.15) is 0 Å². The lowest BCUT2D eigenvalue weighted by molar-refractivity contribution is 0.404. The van der Waals surface area contributed by atoms with Gasteiger partial charge >= 0.3 is 0 Å². The van der Waals surface area contributed by atoms with Crippen molar-refractivity contribution in [2.45, 2.75) is 0 Å². The lowest BCUT2D eigenvalue weighted by atomic mass is 10.1. The number of aromatic hydroxyl groups is 4. The minimum Gasteiger partial charge on any atom is -0.504 e. The second-order valence-corrected chi connectivity index (χ2v) is 4.57. The fraction of sp³-hybridized carbons (Fsp3) is 0. The number of aromatic amines is 1. The smallest absolute Gasteiger partial charge is 0.158 e. The van der Waals surface area contributed by atoms with Crippen LogP contribution in [0.3, 0.4) is 0 Å². The molecule has 0 bridgehead atoms. The maximum atomic E-state index is 9.51. The van der Waals surface area contributed by atoms with E-state index in [9.17, 15) is 20.4 Å². The van der Waals surface area contributed by atoms with Crippen molar-refractivity contribution in [3.63, 3.8) is 0 Å². The van der Waals surface area contributed by atoms with Crippen LogP contribution in [0.5, 0.6) is 23.0 Å². The Morgan fingerprint density at radius 3 is 1.82 bits per heavy atom. The Morgan fingerprint density at radius 2 is 1.23 bits per heavy atom. The van der Waals surface area contributed by atoms with Gasteiger partial charge in [-0.15, -0.1) is 17.0 Å². The van der Waals surface area contributed by atoms with E-state index in [2.05, 4.69) is 10.2 Å². The summed E-state index contributed by atoms with van der Waals surface area (Å²) in [6.45, 7) is 0. The SMILES string of the molecule is Br.Oc1ccc(-c2cc(-c3ccc(O)c(O)c3)[nH]n2)cc1O. The summed E-state index contributed by atoms with van der Waals surface area (Å²) in [5.74, 6) is -0.829. The lowest BCUT2D eigenvalue weighted by Gasteiger charge is -2.01. The van der Waals surface area contributed by atoms with Crippen LogP contribution in [0.15, 0.2) is 42.5 Å². The third kappa shape index (κ3) is 2.84. The van der Waals surface area contributed by atoms with Gasteiger partial charge in [-0.2, -0.15) is 5.10 Å². The highest BCUT2D eigenvalue weighted by atomic mass is 79.9. The number of hydrogen-bond donors (Lipinski definition) is 5. The zero-order chi connectivity index (χ0) is 15.0. The number of H-pyrrole nitrogens is 1. The number of phenolic OH excluding ortho intramolecular Hbond substituents is 4. The molecule has 0 atom stereocenters. The third-order valence-corrected chi connectivity index (χ3v) is 3.14. The van der Waals surface area contributed by atoms with Crippen LogP contribution in [0.2, 0.25) is 0 Å². The molecule has 0 aliphatic heterocycles. The van der Waals surface area contributed by atoms with Crippen LogP contribution >= 0.6 is 17.0 Å². The number of phenols is 4. The van der Waals surface area contributed by atoms with Gasteiger partial charge in [0.05, 0.1) is 11.4 Å². The first-order valence-electron chi connectivity index (χ1n) is 6.15. The lowest BCUT2D eigenvalue weighted by Crippen LogP contribution is -1.78. The van der Waals surface area contributed by atoms with E-state index in [0.29, 0.717) is 22.5 Å². The first-order valence-corrected chi connectivity index (χ1v) is 6.15. The number of rotatable bonds is 2. The summed E-state index contributed by atoms with van der Waals surface area (Å²) in [6, 6.07) is 10.6. The molecule has 2 aromatic carbocycles. The predicted octanol–water partition coefficient (Wildman–Crippen LogP) is 3.14. The molecule has 0 fully saturated rings. The molecule has 0 radical (unpaired) electrons. The number of benzene rings is 2. The van der Waals surface area contributed by atoms with Gasteiger partial charge in [-0.1, -0.05) is 0 Å². The van der Waals surface area contributed by atoms with Crippen LogP contribution in [0.4, 0.5) is 0 Å². The first-order chi connectivity index (χ1) is 10.0. The fourth-order valence-electron chi connectivity index (χ4n) is 1.99. The van der Waals surface area contributed by atoms with Crippen molar-refractivity contribution in [2.24, 2.45) is 0 Å². The Hall–Kier alpha value is -2.67. The molecule has 0 spiro atoms. The van der Waals surface area contributed by atoms with Crippen LogP contribution < -0.4 is 0 Å². The first kappa shape index (κ1) is 15.7. The highest BCUT2D eigenvalue weighted by molar-refractivity contribution is 8.93. The van der Waals surface area contributed by atoms with Crippen molar-refractivity contribution in [3.8, 4) is 45.5 Å². The van der Waals surface area contributed by atoms with Gasteiger partial charge in [-0.05, 0) is 42.5 Å². The molecular formula is C15H13BrN2O4. The van der Waals surface area contributed by atoms with Gasteiger partial charge < -0.3 is 20.4 Å². The average molecular weight is 365 g/mol. The molecule has 0 aliphatic rings. The van der Waals surface area contributed by atoms with Gasteiger partial charge in [0.25, 0.3) is 0 Å². The summed E-state index contributed by atoms with van der Waals surface area (Å²) in [5, 5.41) is 44.6. The zero-order valence-corrected chi connectivity index (χ0v) is 12.9. The molecule has 3 aromatic rings. The van der Waals surface area contributed by atoms with E-state index >= 15 is 0 Å². The van der Waals surface area contributed by atoms with E-state index in [0.717, 1.165) is 0 Å². The van der Waals surface area contributed by atoms with Crippen molar-refractivity contribution < 1.29 is 20.4 Å². The van der Waals surface area contributed by atoms with Crippen molar-refractivity contribution in [1.29, 1.82) is 0 Å². The number of nitrogens with one attached hydrogen (secondary N) is 1. The number of nitrogens with zero attached hydrogens (tertiary/aromatic N) is 1. The molecule has 1 heterocycles. The molecule has 0 aliphatic carbocycles. The van der Waals surface area contributed by atoms with E-state index in [1.54, 1.807) is 18.2 Å². The van der Waals surface area contributed by atoms with Crippen molar-refractivity contribution in [3.05, 3.63) is 42.5 Å². The maximum absolute atomic E-state index is 9.51. The monoisotopic (exact) mass is 364 g/mol. The molecule has 5 N–H and O–H groups in total. The van der Waals surface area contributed by atoms with E-state index in [1.807, 2.05) is 0 Å². The van der Waals surface area contributed by atoms with Crippen molar-refractivity contribution in [2.75, 3.05) is 0 Å². The number of halogens is 1. The summed E-state index contributed by atoms with van der Waals surface area (Å²) >= 11 is 0. The molecule has 0 saturated carbocycles. The molecule has 6 nitrogen and oxygen atoms in total. The zero-order valence-electron chi connectivity index (χ0n) is 11.2. The van der Waals surface area contributed by atoms with Gasteiger partial charge in [0.1, 0.15) is 0 Å². The molecule has 1 aromatic heterocycles.